The van der Waals surface area contributed by atoms with Gasteiger partial charge in [-0.15, -0.1) is 0 Å². The Bertz CT molecular complexity index is 2690. The molecule has 2 nitrogen and oxygen atoms in total. The average molecular weight is 725 g/mol. The number of fused-ring (bicyclic) bond motifs is 4. The van der Waals surface area contributed by atoms with Crippen LogP contribution < -0.4 is 15.8 Å². The summed E-state index contributed by atoms with van der Waals surface area (Å²) in [6.45, 7) is 11.0. The van der Waals surface area contributed by atoms with Crippen LogP contribution >= 0.6 is 0 Å². The van der Waals surface area contributed by atoms with E-state index in [1.165, 1.54) is 94.4 Å². The fourth-order valence-corrected chi connectivity index (χ4v) is 9.27. The Morgan fingerprint density at radius 2 is 1.50 bits per heavy atom. The smallest absolute Gasteiger partial charge is 0.242 e. The first-order valence-electron chi connectivity index (χ1n) is 20.3. The molecule has 3 heteroatoms. The summed E-state index contributed by atoms with van der Waals surface area (Å²) < 4.78 is 2.45. The summed E-state index contributed by atoms with van der Waals surface area (Å²) in [7, 11) is 0. The van der Waals surface area contributed by atoms with Crippen LogP contribution in [0.4, 0.5) is 11.4 Å². The molecule has 0 saturated heterocycles. The van der Waals surface area contributed by atoms with E-state index in [-0.39, 0.29) is 6.71 Å². The van der Waals surface area contributed by atoms with Crippen LogP contribution in [-0.2, 0) is 12.8 Å². The zero-order chi connectivity index (χ0) is 38.2. The first-order chi connectivity index (χ1) is 27.5. The third-order valence-corrected chi connectivity index (χ3v) is 12.0. The second kappa shape index (κ2) is 15.2. The number of hydrogen-bond acceptors (Lipinski definition) is 1. The summed E-state index contributed by atoms with van der Waals surface area (Å²) in [6, 6.07) is 41.1. The number of benzene rings is 5. The molecule has 3 aliphatic rings. The van der Waals surface area contributed by atoms with Gasteiger partial charge in [0.15, 0.2) is 0 Å². The summed E-state index contributed by atoms with van der Waals surface area (Å²) in [4.78, 5) is 2.49. The zero-order valence-corrected chi connectivity index (χ0v) is 32.9. The third kappa shape index (κ3) is 6.56. The summed E-state index contributed by atoms with van der Waals surface area (Å²) in [5.74, 6) is 0. The van der Waals surface area contributed by atoms with Gasteiger partial charge < -0.3 is 9.47 Å². The van der Waals surface area contributed by atoms with Crippen LogP contribution in [-0.4, -0.2) is 11.3 Å². The lowest BCUT2D eigenvalue weighted by Gasteiger charge is -2.32. The van der Waals surface area contributed by atoms with Gasteiger partial charge in [0.1, 0.15) is 0 Å². The molecule has 0 fully saturated rings. The highest BCUT2D eigenvalue weighted by molar-refractivity contribution is 6.92. The number of aromatic nitrogens is 1. The maximum Gasteiger partial charge on any atom is 0.242 e. The van der Waals surface area contributed by atoms with Gasteiger partial charge in [0.05, 0.1) is 11.0 Å². The van der Waals surface area contributed by atoms with E-state index in [4.69, 9.17) is 0 Å². The minimum Gasteiger partial charge on any atom is -0.311 e. The molecule has 5 aromatic carbocycles. The Kier molecular flexibility index (Phi) is 9.69. The molecule has 1 aliphatic heterocycles. The number of rotatable bonds is 9. The Morgan fingerprint density at radius 1 is 0.750 bits per heavy atom. The number of hydrogen-bond donors (Lipinski definition) is 0. The van der Waals surface area contributed by atoms with Crippen LogP contribution in [0.15, 0.2) is 187 Å². The van der Waals surface area contributed by atoms with Crippen LogP contribution in [0.25, 0.3) is 27.5 Å². The molecule has 0 N–H and O–H groups in total. The van der Waals surface area contributed by atoms with Gasteiger partial charge in [-0.2, -0.15) is 0 Å². The molecule has 6 aromatic rings. The van der Waals surface area contributed by atoms with Gasteiger partial charge in [0.2, 0.25) is 6.71 Å². The number of allylic oxidation sites excluding steroid dienone is 12. The van der Waals surface area contributed by atoms with Crippen molar-refractivity contribution in [3.05, 3.63) is 209 Å². The lowest BCUT2D eigenvalue weighted by Crippen LogP contribution is -2.51. The van der Waals surface area contributed by atoms with Crippen LogP contribution in [0.5, 0.6) is 0 Å². The fourth-order valence-electron chi connectivity index (χ4n) is 9.27. The van der Waals surface area contributed by atoms with Crippen molar-refractivity contribution >= 4 is 56.5 Å². The summed E-state index contributed by atoms with van der Waals surface area (Å²) >= 11 is 0. The molecule has 2 aliphatic carbocycles. The van der Waals surface area contributed by atoms with Crippen LogP contribution in [0.1, 0.15) is 61.8 Å². The Labute approximate surface area is 333 Å². The Hall–Kier alpha value is -6.06. The highest BCUT2D eigenvalue weighted by atomic mass is 15.1. The highest BCUT2D eigenvalue weighted by Crippen LogP contribution is 2.39. The summed E-state index contributed by atoms with van der Waals surface area (Å²) in [5.41, 5.74) is 19.6. The van der Waals surface area contributed by atoms with Gasteiger partial charge in [-0.1, -0.05) is 149 Å². The predicted octanol–water partition coefficient (Wildman–Crippen LogP) is 12.4. The van der Waals surface area contributed by atoms with Gasteiger partial charge >= 0.3 is 0 Å². The molecule has 0 saturated carbocycles. The molecule has 0 unspecified atom stereocenters. The van der Waals surface area contributed by atoms with Crippen LogP contribution in [0.3, 0.4) is 0 Å². The molecule has 274 valence electrons. The van der Waals surface area contributed by atoms with Crippen molar-refractivity contribution in [2.75, 3.05) is 4.90 Å². The maximum absolute atomic E-state index is 4.13. The standard InChI is InChI=1S/C53H49BN2/c1-5-37(2)32-50-39(4)33-41-21-17-18-38(3)53(41)54(50)49-30-28-45(35-42(49)34-40-19-9-6-10-20-40)55(43-22-11-7-12-23-43)46-29-31-52-48(36-46)47-26-15-16-27-51(47)56(52)44-24-13-8-14-25-44/h5-6,9-11,13,15-32,35-36H,1,7-8,12,14,33-34H2,2-4H3/b37-32-. The monoisotopic (exact) mass is 724 g/mol. The molecular formula is C53H49BN2. The molecule has 0 spiro atoms. The van der Waals surface area contributed by atoms with Crippen molar-refractivity contribution in [3.63, 3.8) is 0 Å². The number of aryl methyl sites for hydroxylation is 1. The molecular weight excluding hydrogens is 675 g/mol. The van der Waals surface area contributed by atoms with Gasteiger partial charge in [0.25, 0.3) is 0 Å². The Morgan fingerprint density at radius 3 is 2.29 bits per heavy atom. The lowest BCUT2D eigenvalue weighted by molar-refractivity contribution is 0.997. The number of nitrogens with zero attached hydrogens (tertiary/aromatic N) is 2. The van der Waals surface area contributed by atoms with E-state index in [1.807, 2.05) is 6.08 Å². The molecule has 2 heterocycles. The van der Waals surface area contributed by atoms with Crippen molar-refractivity contribution in [1.29, 1.82) is 0 Å². The lowest BCUT2D eigenvalue weighted by atomic mass is 9.32. The summed E-state index contributed by atoms with van der Waals surface area (Å²) in [6.07, 6.45) is 24.5. The second-order valence-electron chi connectivity index (χ2n) is 15.7. The van der Waals surface area contributed by atoms with Crippen LogP contribution in [0.2, 0.25) is 0 Å². The van der Waals surface area contributed by atoms with Gasteiger partial charge in [-0.05, 0) is 125 Å². The van der Waals surface area contributed by atoms with Crippen molar-refractivity contribution in [3.8, 4) is 0 Å². The van der Waals surface area contributed by atoms with E-state index in [1.54, 1.807) is 0 Å². The van der Waals surface area contributed by atoms with Crippen molar-refractivity contribution in [1.82, 2.24) is 4.57 Å². The number of anilines is 2. The molecule has 9 rings (SSSR count). The fraction of sp³-hybridized carbons (Fsp3) is 0.170. The van der Waals surface area contributed by atoms with E-state index in [0.717, 1.165) is 38.5 Å². The highest BCUT2D eigenvalue weighted by Gasteiger charge is 2.33. The van der Waals surface area contributed by atoms with E-state index >= 15 is 0 Å². The van der Waals surface area contributed by atoms with Crippen molar-refractivity contribution in [2.45, 2.75) is 59.3 Å². The molecule has 0 amide bonds. The predicted molar refractivity (Wildman–Crippen MR) is 243 cm³/mol. The van der Waals surface area contributed by atoms with E-state index in [2.05, 4.69) is 189 Å². The van der Waals surface area contributed by atoms with E-state index in [0.29, 0.717) is 0 Å². The third-order valence-electron chi connectivity index (χ3n) is 12.0. The average Bonchev–Trinajstić information content (AvgIpc) is 3.56. The minimum absolute atomic E-state index is 0.121. The molecule has 0 bridgehead atoms. The van der Waals surface area contributed by atoms with Crippen molar-refractivity contribution in [2.24, 2.45) is 0 Å². The normalized spacial score (nSPS) is 15.6. The topological polar surface area (TPSA) is 8.17 Å². The zero-order valence-electron chi connectivity index (χ0n) is 32.9. The quantitative estimate of drug-likeness (QED) is 0.106. The Balaban J connectivity index is 1.26. The molecule has 56 heavy (non-hydrogen) atoms. The first kappa shape index (κ1) is 35.6. The molecule has 0 radical (unpaired) electrons. The minimum atomic E-state index is 0.121. The maximum atomic E-state index is 4.13. The summed E-state index contributed by atoms with van der Waals surface area (Å²) in [5, 5.41) is 2.55. The first-order valence-corrected chi connectivity index (χ1v) is 20.3. The van der Waals surface area contributed by atoms with Crippen LogP contribution in [0, 0.1) is 6.92 Å². The second-order valence-corrected chi connectivity index (χ2v) is 15.7. The van der Waals surface area contributed by atoms with Gasteiger partial charge in [0, 0.05) is 33.5 Å². The van der Waals surface area contributed by atoms with E-state index in [9.17, 15) is 0 Å². The number of para-hydroxylation sites is 1. The molecule has 0 atom stereocenters. The van der Waals surface area contributed by atoms with E-state index < -0.39 is 0 Å². The molecule has 1 aromatic heterocycles. The SMILES string of the molecule is C=C/C(C)=C\C1=C(C)Cc2cccc(C)c2B1c1ccc(N(C2=CCCC=C2)c2ccc3c(c2)c2ccccc2n3C2=CCCC=C2)cc1Cc1ccccc1. The largest absolute Gasteiger partial charge is 0.311 e. The van der Waals surface area contributed by atoms with Crippen molar-refractivity contribution < 1.29 is 0 Å². The van der Waals surface area contributed by atoms with Gasteiger partial charge in [-0.25, -0.2) is 0 Å². The van der Waals surface area contributed by atoms with Gasteiger partial charge in [-0.3, -0.25) is 0 Å².